The van der Waals surface area contributed by atoms with E-state index in [1.165, 1.54) is 0 Å². The lowest BCUT2D eigenvalue weighted by Gasteiger charge is -2.34. The van der Waals surface area contributed by atoms with Crippen LogP contribution in [0.5, 0.6) is 0 Å². The van der Waals surface area contributed by atoms with Crippen LogP contribution in [0.4, 0.5) is 0 Å². The first-order chi connectivity index (χ1) is 9.62. The number of Topliss-reactive ketones (excluding diaryl/α,β-unsaturated/α-hetero) is 1. The van der Waals surface area contributed by atoms with E-state index >= 15 is 0 Å². The van der Waals surface area contributed by atoms with Crippen LogP contribution in [0.25, 0.3) is 0 Å². The third-order valence-electron chi connectivity index (χ3n) is 2.65. The molecule has 0 bridgehead atoms. The molecule has 0 radical (unpaired) electrons. The van der Waals surface area contributed by atoms with Crippen LogP contribution >= 0.6 is 0 Å². The zero-order valence-corrected chi connectivity index (χ0v) is 15.6. The van der Waals surface area contributed by atoms with E-state index in [2.05, 4.69) is 38.2 Å². The van der Waals surface area contributed by atoms with E-state index in [-0.39, 0.29) is 16.6 Å². The van der Waals surface area contributed by atoms with Crippen molar-refractivity contribution in [3.8, 4) is 0 Å². The van der Waals surface area contributed by atoms with Crippen molar-refractivity contribution >= 4 is 11.6 Å². The minimum atomic E-state index is -0.0242. The Morgan fingerprint density at radius 3 is 1.67 bits per heavy atom. The molecule has 0 spiro atoms. The molecule has 0 aromatic carbocycles. The van der Waals surface area contributed by atoms with Gasteiger partial charge in [0.15, 0.2) is 0 Å². The Labute approximate surface area is 131 Å². The minimum absolute atomic E-state index is 0.0104. The predicted molar refractivity (Wildman–Crippen MR) is 93.7 cm³/mol. The first kappa shape index (κ1) is 24.9. The van der Waals surface area contributed by atoms with E-state index in [0.29, 0.717) is 18.7 Å². The average molecular weight is 303 g/mol. The van der Waals surface area contributed by atoms with Crippen molar-refractivity contribution in [2.24, 2.45) is 27.6 Å². The summed E-state index contributed by atoms with van der Waals surface area (Å²) < 4.78 is 0. The molecule has 0 amide bonds. The molecule has 0 rings (SSSR count). The number of amidine groups is 1. The average Bonchev–Trinajstić information content (AvgIpc) is 2.37. The number of ketones is 1. The molecule has 5 N–H and O–H groups in total. The van der Waals surface area contributed by atoms with E-state index in [9.17, 15) is 4.79 Å². The Morgan fingerprint density at radius 2 is 1.38 bits per heavy atom. The van der Waals surface area contributed by atoms with Gasteiger partial charge in [0.25, 0.3) is 0 Å². The molecule has 0 aliphatic rings. The van der Waals surface area contributed by atoms with Crippen LogP contribution in [-0.2, 0) is 4.79 Å². The number of nitrogens with zero attached hydrogens (tertiary/aromatic N) is 1. The van der Waals surface area contributed by atoms with Crippen LogP contribution in [0.1, 0.15) is 81.6 Å². The first-order valence-corrected chi connectivity index (χ1v) is 7.85. The van der Waals surface area contributed by atoms with Gasteiger partial charge >= 0.3 is 0 Å². The van der Waals surface area contributed by atoms with Gasteiger partial charge in [-0.3, -0.25) is 0 Å². The molecule has 0 aromatic heterocycles. The van der Waals surface area contributed by atoms with Crippen molar-refractivity contribution in [3.05, 3.63) is 0 Å². The van der Waals surface area contributed by atoms with Gasteiger partial charge < -0.3 is 16.1 Å². The summed E-state index contributed by atoms with van der Waals surface area (Å²) in [7, 11) is 0. The molecule has 5 heteroatoms. The van der Waals surface area contributed by atoms with Gasteiger partial charge in [-0.05, 0) is 24.2 Å². The molecule has 128 valence electrons. The predicted octanol–water partition coefficient (Wildman–Crippen LogP) is 3.59. The van der Waals surface area contributed by atoms with Gasteiger partial charge in [-0.1, -0.05) is 55.4 Å². The van der Waals surface area contributed by atoms with Crippen LogP contribution in [0.2, 0.25) is 0 Å². The largest absolute Gasteiger partial charge is 0.322 e. The quantitative estimate of drug-likeness (QED) is 0.302. The van der Waals surface area contributed by atoms with Crippen LogP contribution in [0.15, 0.2) is 5.10 Å². The monoisotopic (exact) mass is 302 g/mol. The molecule has 5 nitrogen and oxygen atoms in total. The standard InChI is InChI=1S/C12H26N4O.2C2H6/c1-9(17)6-11(2,3)8-12(4,5)7-10(15-13)16-14;2*1-2/h6-8,13-14H2,1-5H3,(H,15,16);2*1-2H3. The van der Waals surface area contributed by atoms with Crippen molar-refractivity contribution in [1.29, 1.82) is 0 Å². The molecular weight excluding hydrogens is 264 g/mol. The van der Waals surface area contributed by atoms with Gasteiger partial charge in [0.1, 0.15) is 11.6 Å². The van der Waals surface area contributed by atoms with Gasteiger partial charge in [-0.2, -0.15) is 5.10 Å². The zero-order valence-electron chi connectivity index (χ0n) is 15.6. The van der Waals surface area contributed by atoms with Crippen LogP contribution in [0.3, 0.4) is 0 Å². The summed E-state index contributed by atoms with van der Waals surface area (Å²) in [6.45, 7) is 18.1. The van der Waals surface area contributed by atoms with Crippen molar-refractivity contribution < 1.29 is 4.79 Å². The Bertz CT molecular complexity index is 297. The second-order valence-electron chi connectivity index (χ2n) is 6.28. The number of hydrogen-bond acceptors (Lipinski definition) is 4. The second-order valence-corrected chi connectivity index (χ2v) is 6.28. The highest BCUT2D eigenvalue weighted by Crippen LogP contribution is 2.38. The number of carbonyl (C=O) groups excluding carboxylic acids is 1. The molecule has 0 saturated heterocycles. The summed E-state index contributed by atoms with van der Waals surface area (Å²) in [6.07, 6.45) is 2.16. The molecule has 0 fully saturated rings. The Morgan fingerprint density at radius 1 is 1.00 bits per heavy atom. The van der Waals surface area contributed by atoms with Crippen molar-refractivity contribution in [3.63, 3.8) is 0 Å². The van der Waals surface area contributed by atoms with Crippen LogP contribution in [-0.4, -0.2) is 11.6 Å². The van der Waals surface area contributed by atoms with Gasteiger partial charge in [-0.15, -0.1) is 0 Å². The molecule has 21 heavy (non-hydrogen) atoms. The molecular formula is C16H38N4O. The van der Waals surface area contributed by atoms with Crippen molar-refractivity contribution in [2.75, 3.05) is 0 Å². The molecule has 0 saturated carbocycles. The highest BCUT2D eigenvalue weighted by Gasteiger charge is 2.30. The summed E-state index contributed by atoms with van der Waals surface area (Å²) >= 11 is 0. The van der Waals surface area contributed by atoms with E-state index in [0.717, 1.165) is 6.42 Å². The lowest BCUT2D eigenvalue weighted by atomic mass is 9.71. The number of carbonyl (C=O) groups is 1. The molecule has 0 unspecified atom stereocenters. The zero-order chi connectivity index (χ0) is 17.7. The van der Waals surface area contributed by atoms with Gasteiger partial charge in [0, 0.05) is 12.8 Å². The fourth-order valence-electron chi connectivity index (χ4n) is 2.68. The summed E-state index contributed by atoms with van der Waals surface area (Å²) in [5.41, 5.74) is 2.46. The van der Waals surface area contributed by atoms with Crippen LogP contribution in [0, 0.1) is 10.8 Å². The lowest BCUT2D eigenvalue weighted by Crippen LogP contribution is -2.36. The van der Waals surface area contributed by atoms with E-state index in [1.807, 2.05) is 27.7 Å². The SMILES string of the molecule is CC.CC.CC(=O)CC(C)(C)CC(C)(C)C/C(=N/N)NN. The van der Waals surface area contributed by atoms with E-state index in [4.69, 9.17) is 11.7 Å². The Kier molecular flexibility index (Phi) is 15.0. The number of rotatable bonds is 6. The van der Waals surface area contributed by atoms with E-state index < -0.39 is 0 Å². The normalized spacial score (nSPS) is 11.6. The maximum absolute atomic E-state index is 11.2. The summed E-state index contributed by atoms with van der Waals surface area (Å²) in [6, 6.07) is 0. The number of hydrazone groups is 1. The fraction of sp³-hybridized carbons (Fsp3) is 0.875. The van der Waals surface area contributed by atoms with Gasteiger partial charge in [0.2, 0.25) is 0 Å². The maximum atomic E-state index is 11.2. The summed E-state index contributed by atoms with van der Waals surface area (Å²) in [4.78, 5) is 11.2. The number of nitrogens with two attached hydrogens (primary N) is 2. The molecule has 0 aliphatic heterocycles. The first-order valence-electron chi connectivity index (χ1n) is 7.85. The van der Waals surface area contributed by atoms with Crippen molar-refractivity contribution in [2.45, 2.75) is 81.6 Å². The highest BCUT2D eigenvalue weighted by molar-refractivity contribution is 5.81. The molecule has 0 aliphatic carbocycles. The topological polar surface area (TPSA) is 93.5 Å². The summed E-state index contributed by atoms with van der Waals surface area (Å²) in [5, 5.41) is 3.60. The Hall–Kier alpha value is -1.10. The van der Waals surface area contributed by atoms with Crippen LogP contribution < -0.4 is 17.1 Å². The second kappa shape index (κ2) is 12.6. The number of hydrazine groups is 1. The lowest BCUT2D eigenvalue weighted by molar-refractivity contribution is -0.119. The third-order valence-corrected chi connectivity index (χ3v) is 2.65. The molecule has 0 atom stereocenters. The minimum Gasteiger partial charge on any atom is -0.322 e. The van der Waals surface area contributed by atoms with Gasteiger partial charge in [-0.25, -0.2) is 5.84 Å². The number of nitrogens with one attached hydrogen (secondary N) is 1. The van der Waals surface area contributed by atoms with E-state index in [1.54, 1.807) is 6.92 Å². The van der Waals surface area contributed by atoms with Gasteiger partial charge in [0.05, 0.1) is 0 Å². The Balaban J connectivity index is -0.000000739. The summed E-state index contributed by atoms with van der Waals surface area (Å²) in [5.74, 6) is 11.3. The molecule has 0 aromatic rings. The molecule has 0 heterocycles. The maximum Gasteiger partial charge on any atom is 0.136 e. The van der Waals surface area contributed by atoms with Crippen molar-refractivity contribution in [1.82, 2.24) is 5.43 Å². The number of hydrogen-bond donors (Lipinski definition) is 3. The fourth-order valence-corrected chi connectivity index (χ4v) is 2.68. The smallest absolute Gasteiger partial charge is 0.136 e. The highest BCUT2D eigenvalue weighted by atomic mass is 16.1. The third kappa shape index (κ3) is 15.1.